The number of pyridine rings is 1. The first-order valence-corrected chi connectivity index (χ1v) is 16.9. The third-order valence-corrected chi connectivity index (χ3v) is 10.4. The maximum Gasteiger partial charge on any atom is 0.0791 e. The zero-order valence-electron chi connectivity index (χ0n) is 27.3. The first-order valence-electron chi connectivity index (χ1n) is 16.9. The van der Waals surface area contributed by atoms with Gasteiger partial charge in [0.25, 0.3) is 0 Å². The molecule has 7 aromatic rings. The van der Waals surface area contributed by atoms with Crippen LogP contribution in [0.4, 0.5) is 0 Å². The summed E-state index contributed by atoms with van der Waals surface area (Å²) >= 11 is 0. The van der Waals surface area contributed by atoms with E-state index in [4.69, 9.17) is 4.98 Å². The second-order valence-corrected chi connectivity index (χ2v) is 13.1. The number of hydrogen-bond donors (Lipinski definition) is 0. The number of nitrogens with zero attached hydrogens (tertiary/aromatic N) is 1. The second-order valence-electron chi connectivity index (χ2n) is 13.1. The van der Waals surface area contributed by atoms with Crippen LogP contribution >= 0.6 is 0 Å². The Hall–Kier alpha value is -5.79. The van der Waals surface area contributed by atoms with Crippen LogP contribution in [-0.2, 0) is 6.42 Å². The van der Waals surface area contributed by atoms with Gasteiger partial charge in [0.2, 0.25) is 0 Å². The summed E-state index contributed by atoms with van der Waals surface area (Å²) in [6.07, 6.45) is 8.99. The molecule has 0 atom stereocenters. The molecule has 0 amide bonds. The zero-order chi connectivity index (χ0) is 32.4. The molecule has 2 aliphatic rings. The van der Waals surface area contributed by atoms with Gasteiger partial charge in [0.1, 0.15) is 0 Å². The highest BCUT2D eigenvalue weighted by molar-refractivity contribution is 6.19. The summed E-state index contributed by atoms with van der Waals surface area (Å²) in [6, 6.07) is 43.9. The number of fused-ring (bicyclic) bond motifs is 7. The van der Waals surface area contributed by atoms with Gasteiger partial charge in [0, 0.05) is 16.3 Å². The van der Waals surface area contributed by atoms with Crippen LogP contribution in [0.5, 0.6) is 0 Å². The molecule has 1 aromatic heterocycles. The van der Waals surface area contributed by atoms with Gasteiger partial charge in [-0.05, 0) is 117 Å². The summed E-state index contributed by atoms with van der Waals surface area (Å²) in [6.45, 7) is 9.21. The molecular weight excluding hydrogens is 579 g/mol. The SMILES string of the molecule is C=C1C=C(c2ccccc2)c2c(c(C)c3c(-c4ccccc4)nc4cc(-c5cccc6c5CCC=C6)ccc4c3c2C)-c2ccccc21. The van der Waals surface area contributed by atoms with Crippen LogP contribution in [0, 0.1) is 13.8 Å². The second kappa shape index (κ2) is 11.2. The van der Waals surface area contributed by atoms with Gasteiger partial charge in [0.05, 0.1) is 11.2 Å². The van der Waals surface area contributed by atoms with Gasteiger partial charge in [0.15, 0.2) is 0 Å². The van der Waals surface area contributed by atoms with E-state index in [0.29, 0.717) is 0 Å². The Bertz CT molecular complexity index is 2510. The Labute approximate surface area is 282 Å². The summed E-state index contributed by atoms with van der Waals surface area (Å²) < 4.78 is 0. The monoisotopic (exact) mass is 613 g/mol. The molecule has 0 N–H and O–H groups in total. The van der Waals surface area contributed by atoms with Crippen molar-refractivity contribution in [3.63, 3.8) is 0 Å². The number of aromatic nitrogens is 1. The van der Waals surface area contributed by atoms with Crippen LogP contribution in [0.15, 0.2) is 140 Å². The standard InChI is InChI=1S/C47H35N/c1-29-27-41(33-15-6-4-7-16-33)45-30(2)44-40-26-25-35(38-24-14-20-32-17-10-11-22-37(32)38)28-42(40)48-47(34-18-8-5-9-19-34)46(44)31(3)43(45)39-23-13-12-21-36(29)39/h4-10,12-21,23-28H,1,11,22H2,2-3H3. The van der Waals surface area contributed by atoms with Gasteiger partial charge in [-0.15, -0.1) is 0 Å². The summed E-state index contributed by atoms with van der Waals surface area (Å²) in [4.78, 5) is 5.55. The number of rotatable bonds is 3. The smallest absolute Gasteiger partial charge is 0.0791 e. The molecule has 0 bridgehead atoms. The quantitative estimate of drug-likeness (QED) is 0.181. The summed E-state index contributed by atoms with van der Waals surface area (Å²) in [5.41, 5.74) is 19.3. The lowest BCUT2D eigenvalue weighted by molar-refractivity contribution is 0.988. The van der Waals surface area contributed by atoms with Crippen LogP contribution in [0.1, 0.15) is 45.4 Å². The Morgan fingerprint density at radius 1 is 0.604 bits per heavy atom. The molecule has 0 radical (unpaired) electrons. The minimum Gasteiger partial charge on any atom is -0.247 e. The van der Waals surface area contributed by atoms with E-state index in [1.807, 2.05) is 0 Å². The Kier molecular flexibility index (Phi) is 6.62. The Morgan fingerprint density at radius 3 is 2.08 bits per heavy atom. The zero-order valence-corrected chi connectivity index (χ0v) is 27.3. The number of allylic oxidation sites excluding steroid dienone is 3. The average molecular weight is 614 g/mol. The van der Waals surface area contributed by atoms with Crippen molar-refractivity contribution >= 4 is 38.9 Å². The third-order valence-electron chi connectivity index (χ3n) is 10.4. The maximum atomic E-state index is 5.55. The van der Waals surface area contributed by atoms with Gasteiger partial charge >= 0.3 is 0 Å². The van der Waals surface area contributed by atoms with Crippen LogP contribution < -0.4 is 0 Å². The first kappa shape index (κ1) is 28.4. The lowest BCUT2D eigenvalue weighted by Gasteiger charge is -2.24. The van der Waals surface area contributed by atoms with Gasteiger partial charge in [-0.2, -0.15) is 0 Å². The molecule has 0 fully saturated rings. The Morgan fingerprint density at radius 2 is 1.29 bits per heavy atom. The molecule has 9 rings (SSSR count). The van der Waals surface area contributed by atoms with Crippen molar-refractivity contribution in [2.45, 2.75) is 26.7 Å². The highest BCUT2D eigenvalue weighted by Crippen LogP contribution is 2.50. The van der Waals surface area contributed by atoms with E-state index in [0.717, 1.165) is 35.2 Å². The van der Waals surface area contributed by atoms with Crippen molar-refractivity contribution in [2.75, 3.05) is 0 Å². The van der Waals surface area contributed by atoms with Crippen LogP contribution in [0.2, 0.25) is 0 Å². The summed E-state index contributed by atoms with van der Waals surface area (Å²) in [7, 11) is 0. The van der Waals surface area contributed by atoms with Crippen molar-refractivity contribution < 1.29 is 0 Å². The van der Waals surface area contributed by atoms with E-state index in [9.17, 15) is 0 Å². The highest BCUT2D eigenvalue weighted by Gasteiger charge is 2.28. The van der Waals surface area contributed by atoms with E-state index in [-0.39, 0.29) is 0 Å². The third kappa shape index (κ3) is 4.35. The largest absolute Gasteiger partial charge is 0.247 e. The lowest BCUT2D eigenvalue weighted by Crippen LogP contribution is -2.03. The molecule has 1 heterocycles. The fourth-order valence-corrected chi connectivity index (χ4v) is 8.19. The van der Waals surface area contributed by atoms with Gasteiger partial charge in [-0.25, -0.2) is 4.98 Å². The average Bonchev–Trinajstić information content (AvgIpc) is 3.28. The molecular formula is C47H35N. The van der Waals surface area contributed by atoms with Crippen LogP contribution in [-0.4, -0.2) is 4.98 Å². The number of benzene rings is 6. The molecule has 0 spiro atoms. The summed E-state index contributed by atoms with van der Waals surface area (Å²) in [5.74, 6) is 0. The van der Waals surface area contributed by atoms with Gasteiger partial charge in [-0.1, -0.05) is 134 Å². The fraction of sp³-hybridized carbons (Fsp3) is 0.0851. The molecule has 2 aliphatic carbocycles. The van der Waals surface area contributed by atoms with Gasteiger partial charge in [-0.3, -0.25) is 0 Å². The predicted octanol–water partition coefficient (Wildman–Crippen LogP) is 12.4. The van der Waals surface area contributed by atoms with Crippen molar-refractivity contribution in [3.8, 4) is 33.5 Å². The maximum absolute atomic E-state index is 5.55. The topological polar surface area (TPSA) is 12.9 Å². The highest BCUT2D eigenvalue weighted by atomic mass is 14.7. The van der Waals surface area contributed by atoms with Crippen molar-refractivity contribution in [3.05, 3.63) is 179 Å². The first-order chi connectivity index (χ1) is 23.6. The van der Waals surface area contributed by atoms with Crippen LogP contribution in [0.3, 0.4) is 0 Å². The van der Waals surface area contributed by atoms with Crippen molar-refractivity contribution in [2.24, 2.45) is 0 Å². The molecule has 1 heteroatoms. The molecule has 228 valence electrons. The minimum atomic E-state index is 1.02. The lowest BCUT2D eigenvalue weighted by atomic mass is 9.80. The molecule has 0 aliphatic heterocycles. The number of hydrogen-bond acceptors (Lipinski definition) is 1. The summed E-state index contributed by atoms with van der Waals surface area (Å²) in [5, 5.41) is 3.67. The Balaban J connectivity index is 1.43. The van der Waals surface area contributed by atoms with E-state index < -0.39 is 0 Å². The molecule has 0 saturated heterocycles. The molecule has 0 unspecified atom stereocenters. The molecule has 0 saturated carbocycles. The van der Waals surface area contributed by atoms with E-state index in [1.165, 1.54) is 82.9 Å². The van der Waals surface area contributed by atoms with Crippen LogP contribution in [0.25, 0.3) is 72.4 Å². The minimum absolute atomic E-state index is 1.02. The van der Waals surface area contributed by atoms with Crippen molar-refractivity contribution in [1.82, 2.24) is 4.98 Å². The number of aryl methyl sites for hydroxylation is 2. The molecule has 48 heavy (non-hydrogen) atoms. The van der Waals surface area contributed by atoms with E-state index in [1.54, 1.807) is 0 Å². The van der Waals surface area contributed by atoms with E-state index >= 15 is 0 Å². The van der Waals surface area contributed by atoms with E-state index in [2.05, 4.69) is 160 Å². The molecule has 6 aromatic carbocycles. The van der Waals surface area contributed by atoms with Gasteiger partial charge < -0.3 is 0 Å². The molecule has 1 nitrogen and oxygen atoms in total. The predicted molar refractivity (Wildman–Crippen MR) is 205 cm³/mol. The van der Waals surface area contributed by atoms with Crippen molar-refractivity contribution in [1.29, 1.82) is 0 Å². The normalized spacial score (nSPS) is 13.5. The fourth-order valence-electron chi connectivity index (χ4n) is 8.19.